The van der Waals surface area contributed by atoms with Crippen molar-refractivity contribution in [2.24, 2.45) is 5.73 Å². The number of ether oxygens (including phenoxy) is 1. The summed E-state index contributed by atoms with van der Waals surface area (Å²) in [4.78, 5) is 15.5. The highest BCUT2D eigenvalue weighted by Crippen LogP contribution is 2.34. The highest BCUT2D eigenvalue weighted by atomic mass is 19.4. The highest BCUT2D eigenvalue weighted by Gasteiger charge is 2.31. The van der Waals surface area contributed by atoms with E-state index >= 15 is 0 Å². The van der Waals surface area contributed by atoms with Crippen LogP contribution in [-0.2, 0) is 12.7 Å². The van der Waals surface area contributed by atoms with E-state index in [2.05, 4.69) is 10.3 Å². The minimum Gasteiger partial charge on any atom is -0.457 e. The van der Waals surface area contributed by atoms with Crippen molar-refractivity contribution < 1.29 is 27.8 Å². The fraction of sp³-hybridized carbons (Fsp3) is 0.182. The lowest BCUT2D eigenvalue weighted by molar-refractivity contribution is -0.137. The van der Waals surface area contributed by atoms with Crippen LogP contribution in [0.1, 0.15) is 21.6 Å². The Morgan fingerprint density at radius 3 is 2.48 bits per heavy atom. The van der Waals surface area contributed by atoms with Gasteiger partial charge in [-0.25, -0.2) is 4.98 Å². The number of benzene rings is 2. The number of halogens is 3. The molecule has 0 fully saturated rings. The summed E-state index contributed by atoms with van der Waals surface area (Å²) in [5.41, 5.74) is 6.19. The summed E-state index contributed by atoms with van der Waals surface area (Å²) in [7, 11) is 0. The Balaban J connectivity index is 1.83. The number of alkyl halides is 3. The van der Waals surface area contributed by atoms with Gasteiger partial charge in [-0.2, -0.15) is 13.2 Å². The average Bonchev–Trinajstić information content (AvgIpc) is 2.75. The molecule has 0 saturated heterocycles. The quantitative estimate of drug-likeness (QED) is 0.472. The second kappa shape index (κ2) is 9.59. The lowest BCUT2D eigenvalue weighted by Gasteiger charge is -2.15. The third kappa shape index (κ3) is 5.80. The molecular weight excluding hydrogens is 411 g/mol. The van der Waals surface area contributed by atoms with E-state index in [4.69, 9.17) is 15.6 Å². The van der Waals surface area contributed by atoms with Gasteiger partial charge in [-0.1, -0.05) is 6.07 Å². The molecule has 0 atom stereocenters. The van der Waals surface area contributed by atoms with Gasteiger partial charge in [-0.15, -0.1) is 0 Å². The van der Waals surface area contributed by atoms with E-state index in [1.54, 1.807) is 36.4 Å². The molecule has 1 aromatic heterocycles. The van der Waals surface area contributed by atoms with Crippen molar-refractivity contribution in [3.63, 3.8) is 0 Å². The molecule has 2 aromatic carbocycles. The van der Waals surface area contributed by atoms with Crippen LogP contribution < -0.4 is 15.8 Å². The number of amides is 1. The zero-order valence-corrected chi connectivity index (χ0v) is 16.3. The Kier molecular flexibility index (Phi) is 6.88. The number of hydrogen-bond acceptors (Lipinski definition) is 5. The number of hydrogen-bond donors (Lipinski definition) is 3. The van der Waals surface area contributed by atoms with E-state index in [1.165, 1.54) is 12.1 Å². The van der Waals surface area contributed by atoms with Crippen LogP contribution in [0, 0.1) is 0 Å². The molecule has 3 rings (SSSR count). The third-order valence-corrected chi connectivity index (χ3v) is 4.37. The number of aliphatic hydroxyl groups excluding tert-OH is 1. The van der Waals surface area contributed by atoms with Gasteiger partial charge in [0.15, 0.2) is 0 Å². The molecule has 1 amide bonds. The summed E-state index contributed by atoms with van der Waals surface area (Å²) >= 11 is 0. The molecular formula is C22H20F3N3O3. The highest BCUT2D eigenvalue weighted by molar-refractivity contribution is 5.91. The lowest BCUT2D eigenvalue weighted by Crippen LogP contribution is -2.18. The number of carbonyl (C=O) groups excluding carboxylic acids is 1. The fourth-order valence-electron chi connectivity index (χ4n) is 2.85. The summed E-state index contributed by atoms with van der Waals surface area (Å²) in [6.07, 6.45) is -4.47. The standard InChI is InChI=1S/C22H20F3N3O3/c23-22(24,25)16-6-9-20(15(12-16)13-27-10-11-29)31-17-7-4-14(5-8-17)18-2-1-3-19(28-18)21(26)30/h1-9,12,27,29H,10-11,13H2,(H2,26,30). The molecule has 0 radical (unpaired) electrons. The van der Waals surface area contributed by atoms with Crippen molar-refractivity contribution in [3.05, 3.63) is 77.5 Å². The number of aromatic nitrogens is 1. The van der Waals surface area contributed by atoms with Crippen LogP contribution in [0.4, 0.5) is 13.2 Å². The van der Waals surface area contributed by atoms with Gasteiger partial charge in [-0.3, -0.25) is 4.79 Å². The first kappa shape index (κ1) is 22.3. The predicted octanol–water partition coefficient (Wildman–Crippen LogP) is 3.74. The number of primary amides is 1. The molecule has 0 unspecified atom stereocenters. The topological polar surface area (TPSA) is 97.5 Å². The maximum absolute atomic E-state index is 13.1. The number of nitrogens with two attached hydrogens (primary N) is 1. The van der Waals surface area contributed by atoms with Gasteiger partial charge in [0.25, 0.3) is 5.91 Å². The lowest BCUT2D eigenvalue weighted by atomic mass is 10.1. The van der Waals surface area contributed by atoms with E-state index < -0.39 is 17.6 Å². The van der Waals surface area contributed by atoms with Crippen LogP contribution in [0.5, 0.6) is 11.5 Å². The number of nitrogens with zero attached hydrogens (tertiary/aromatic N) is 1. The third-order valence-electron chi connectivity index (χ3n) is 4.37. The molecule has 0 aliphatic heterocycles. The number of pyridine rings is 1. The van der Waals surface area contributed by atoms with Gasteiger partial charge in [0.05, 0.1) is 17.9 Å². The van der Waals surface area contributed by atoms with Crippen molar-refractivity contribution in [1.29, 1.82) is 0 Å². The molecule has 0 saturated carbocycles. The molecule has 31 heavy (non-hydrogen) atoms. The molecule has 0 aliphatic rings. The first-order valence-electron chi connectivity index (χ1n) is 9.35. The fourth-order valence-corrected chi connectivity index (χ4v) is 2.85. The van der Waals surface area contributed by atoms with Crippen molar-refractivity contribution in [2.45, 2.75) is 12.7 Å². The molecule has 0 aliphatic carbocycles. The monoisotopic (exact) mass is 431 g/mol. The second-order valence-electron chi connectivity index (χ2n) is 6.62. The van der Waals surface area contributed by atoms with Gasteiger partial charge in [0.1, 0.15) is 17.2 Å². The number of carbonyl (C=O) groups is 1. The summed E-state index contributed by atoms with van der Waals surface area (Å²) in [6.45, 7) is 0.199. The van der Waals surface area contributed by atoms with Crippen LogP contribution in [0.15, 0.2) is 60.7 Å². The smallest absolute Gasteiger partial charge is 0.416 e. The first-order chi connectivity index (χ1) is 14.8. The van der Waals surface area contributed by atoms with Crippen molar-refractivity contribution in [2.75, 3.05) is 13.2 Å². The summed E-state index contributed by atoms with van der Waals surface area (Å²) in [5, 5.41) is 11.8. The number of aliphatic hydroxyl groups is 1. The second-order valence-corrected chi connectivity index (χ2v) is 6.62. The van der Waals surface area contributed by atoms with Crippen LogP contribution >= 0.6 is 0 Å². The van der Waals surface area contributed by atoms with Crippen LogP contribution in [0.2, 0.25) is 0 Å². The summed E-state index contributed by atoms with van der Waals surface area (Å²) in [5.74, 6) is 0.0458. The van der Waals surface area contributed by atoms with Crippen molar-refractivity contribution in [3.8, 4) is 22.8 Å². The van der Waals surface area contributed by atoms with Crippen LogP contribution in [-0.4, -0.2) is 29.1 Å². The van der Waals surface area contributed by atoms with E-state index in [-0.39, 0.29) is 31.1 Å². The minimum atomic E-state index is -4.47. The molecule has 0 spiro atoms. The Bertz CT molecular complexity index is 1050. The zero-order valence-electron chi connectivity index (χ0n) is 16.3. The van der Waals surface area contributed by atoms with Crippen molar-refractivity contribution >= 4 is 5.91 Å². The van der Waals surface area contributed by atoms with Gasteiger partial charge >= 0.3 is 6.18 Å². The van der Waals surface area contributed by atoms with Gasteiger partial charge < -0.3 is 20.9 Å². The maximum Gasteiger partial charge on any atom is 0.416 e. The van der Waals surface area contributed by atoms with Gasteiger partial charge in [0, 0.05) is 24.2 Å². The molecule has 4 N–H and O–H groups in total. The van der Waals surface area contributed by atoms with E-state index in [9.17, 15) is 18.0 Å². The maximum atomic E-state index is 13.1. The average molecular weight is 431 g/mol. The Morgan fingerprint density at radius 2 is 1.84 bits per heavy atom. The molecule has 9 heteroatoms. The summed E-state index contributed by atoms with van der Waals surface area (Å²) in [6, 6.07) is 14.9. The molecule has 6 nitrogen and oxygen atoms in total. The van der Waals surface area contributed by atoms with Gasteiger partial charge in [-0.05, 0) is 54.6 Å². The first-order valence-corrected chi connectivity index (χ1v) is 9.35. The number of rotatable bonds is 8. The minimum absolute atomic E-state index is 0.0989. The van der Waals surface area contributed by atoms with Crippen molar-refractivity contribution in [1.82, 2.24) is 10.3 Å². The van der Waals surface area contributed by atoms with Crippen LogP contribution in [0.3, 0.4) is 0 Å². The SMILES string of the molecule is NC(=O)c1cccc(-c2ccc(Oc3ccc(C(F)(F)F)cc3CNCCO)cc2)n1. The molecule has 3 aromatic rings. The van der Waals surface area contributed by atoms with E-state index in [0.29, 0.717) is 22.6 Å². The predicted molar refractivity (Wildman–Crippen MR) is 109 cm³/mol. The van der Waals surface area contributed by atoms with E-state index in [0.717, 1.165) is 12.1 Å². The van der Waals surface area contributed by atoms with Gasteiger partial charge in [0.2, 0.25) is 0 Å². The molecule has 1 heterocycles. The zero-order chi connectivity index (χ0) is 22.4. The largest absolute Gasteiger partial charge is 0.457 e. The van der Waals surface area contributed by atoms with Crippen LogP contribution in [0.25, 0.3) is 11.3 Å². The summed E-state index contributed by atoms with van der Waals surface area (Å²) < 4.78 is 45.0. The Hall–Kier alpha value is -3.43. The Labute approximate surface area is 176 Å². The molecule has 162 valence electrons. The Morgan fingerprint density at radius 1 is 1.10 bits per heavy atom. The normalized spacial score (nSPS) is 11.4. The molecule has 0 bridgehead atoms. The van der Waals surface area contributed by atoms with E-state index in [1.807, 2.05) is 0 Å². The number of nitrogens with one attached hydrogen (secondary N) is 1.